The van der Waals surface area contributed by atoms with Gasteiger partial charge >= 0.3 is 0 Å². The van der Waals surface area contributed by atoms with Crippen molar-refractivity contribution in [1.82, 2.24) is 0 Å². The zero-order chi connectivity index (χ0) is 19.2. The summed E-state index contributed by atoms with van der Waals surface area (Å²) in [7, 11) is 4.93. The number of amides is 1. The third-order valence-electron chi connectivity index (χ3n) is 5.04. The highest BCUT2D eigenvalue weighted by Crippen LogP contribution is 2.31. The molecule has 144 valence electrons. The Hall–Kier alpha value is -2.73. The first-order valence-electron chi connectivity index (χ1n) is 9.15. The molecule has 1 aliphatic heterocycles. The van der Waals surface area contributed by atoms with Crippen molar-refractivity contribution >= 4 is 11.6 Å². The van der Waals surface area contributed by atoms with Crippen molar-refractivity contribution in [3.05, 3.63) is 48.0 Å². The molecule has 2 N–H and O–H groups in total. The lowest BCUT2D eigenvalue weighted by Gasteiger charge is -2.23. The Bertz CT molecular complexity index is 794. The average Bonchev–Trinajstić information content (AvgIpc) is 3.15. The number of benzene rings is 2. The molecule has 1 unspecified atom stereocenters. The monoisotopic (exact) mass is 371 g/mol. The number of rotatable bonds is 7. The van der Waals surface area contributed by atoms with Crippen LogP contribution in [0, 0.1) is 0 Å². The first kappa shape index (κ1) is 19.0. The SMILES string of the molecule is COc1cccc(NC(=O)C[NH+]2CCC[C@H]2c2ccc(OC)cc2OC)c1. The number of hydrogen-bond acceptors (Lipinski definition) is 4. The standard InChI is InChI=1S/C21H26N2O4/c1-25-16-7-4-6-15(12-16)22-21(24)14-23-11-5-8-19(23)18-10-9-17(26-2)13-20(18)27-3/h4,6-7,9-10,12-13,19H,5,8,11,14H2,1-3H3,(H,22,24)/p+1/t19-/m0/s1. The Morgan fingerprint density at radius 3 is 2.59 bits per heavy atom. The fourth-order valence-electron chi connectivity index (χ4n) is 3.72. The molecule has 1 aliphatic rings. The number of nitrogens with one attached hydrogen (secondary N) is 2. The molecular formula is C21H27N2O4+. The minimum absolute atomic E-state index is 0.00219. The van der Waals surface area contributed by atoms with Gasteiger partial charge in [0, 0.05) is 30.7 Å². The van der Waals surface area contributed by atoms with Crippen LogP contribution in [-0.4, -0.2) is 40.3 Å². The highest BCUT2D eigenvalue weighted by atomic mass is 16.5. The quantitative estimate of drug-likeness (QED) is 0.782. The molecule has 0 spiro atoms. The normalized spacial score (nSPS) is 18.8. The lowest BCUT2D eigenvalue weighted by atomic mass is 10.0. The number of anilines is 1. The molecule has 1 fully saturated rings. The van der Waals surface area contributed by atoms with Crippen LogP contribution in [0.15, 0.2) is 42.5 Å². The Kier molecular flexibility index (Phi) is 6.19. The largest absolute Gasteiger partial charge is 0.497 e. The van der Waals surface area contributed by atoms with Crippen LogP contribution >= 0.6 is 0 Å². The second-order valence-corrected chi connectivity index (χ2v) is 6.67. The molecule has 0 saturated carbocycles. The van der Waals surface area contributed by atoms with E-state index in [2.05, 4.69) is 5.32 Å². The van der Waals surface area contributed by atoms with E-state index in [0.717, 1.165) is 47.9 Å². The van der Waals surface area contributed by atoms with E-state index in [9.17, 15) is 4.79 Å². The molecular weight excluding hydrogens is 344 g/mol. The number of carbonyl (C=O) groups excluding carboxylic acids is 1. The number of hydrogen-bond donors (Lipinski definition) is 2. The Morgan fingerprint density at radius 2 is 1.85 bits per heavy atom. The molecule has 1 saturated heterocycles. The lowest BCUT2D eigenvalue weighted by Crippen LogP contribution is -3.11. The Labute approximate surface area is 160 Å². The molecule has 2 aromatic carbocycles. The van der Waals surface area contributed by atoms with Gasteiger partial charge in [-0.25, -0.2) is 0 Å². The highest BCUT2D eigenvalue weighted by molar-refractivity contribution is 5.91. The summed E-state index contributed by atoms with van der Waals surface area (Å²) in [4.78, 5) is 13.8. The van der Waals surface area contributed by atoms with Crippen molar-refractivity contribution in [3.8, 4) is 17.2 Å². The minimum atomic E-state index is -0.00219. The van der Waals surface area contributed by atoms with E-state index in [1.54, 1.807) is 21.3 Å². The average molecular weight is 371 g/mol. The molecule has 2 atom stereocenters. The third kappa shape index (κ3) is 4.52. The van der Waals surface area contributed by atoms with Crippen LogP contribution in [0.4, 0.5) is 5.69 Å². The molecule has 0 bridgehead atoms. The summed E-state index contributed by atoms with van der Waals surface area (Å²) in [6.45, 7) is 1.38. The summed E-state index contributed by atoms with van der Waals surface area (Å²) in [5, 5.41) is 2.97. The van der Waals surface area contributed by atoms with Gasteiger partial charge in [-0.05, 0) is 24.3 Å². The summed E-state index contributed by atoms with van der Waals surface area (Å²) in [6, 6.07) is 13.5. The molecule has 0 aliphatic carbocycles. The van der Waals surface area contributed by atoms with Crippen molar-refractivity contribution in [3.63, 3.8) is 0 Å². The first-order valence-corrected chi connectivity index (χ1v) is 9.15. The molecule has 2 aromatic rings. The third-order valence-corrected chi connectivity index (χ3v) is 5.04. The van der Waals surface area contributed by atoms with E-state index in [1.807, 2.05) is 42.5 Å². The summed E-state index contributed by atoms with van der Waals surface area (Å²) in [5.74, 6) is 2.30. The Balaban J connectivity index is 1.70. The molecule has 3 rings (SSSR count). The van der Waals surface area contributed by atoms with Crippen molar-refractivity contribution in [2.24, 2.45) is 0 Å². The predicted octanol–water partition coefficient (Wildman–Crippen LogP) is 2.07. The van der Waals surface area contributed by atoms with E-state index in [4.69, 9.17) is 14.2 Å². The van der Waals surface area contributed by atoms with Gasteiger partial charge in [-0.15, -0.1) is 0 Å². The van der Waals surface area contributed by atoms with Crippen molar-refractivity contribution < 1.29 is 23.9 Å². The van der Waals surface area contributed by atoms with Crippen LogP contribution in [-0.2, 0) is 4.79 Å². The highest BCUT2D eigenvalue weighted by Gasteiger charge is 2.33. The van der Waals surface area contributed by atoms with Gasteiger partial charge in [0.15, 0.2) is 6.54 Å². The van der Waals surface area contributed by atoms with Gasteiger partial charge in [-0.3, -0.25) is 4.79 Å². The minimum Gasteiger partial charge on any atom is -0.497 e. The van der Waals surface area contributed by atoms with Crippen LogP contribution in [0.5, 0.6) is 17.2 Å². The molecule has 1 amide bonds. The van der Waals surface area contributed by atoms with Gasteiger partial charge in [0.05, 0.1) is 33.4 Å². The van der Waals surface area contributed by atoms with Gasteiger partial charge in [0.1, 0.15) is 23.3 Å². The second kappa shape index (κ2) is 8.77. The fraction of sp³-hybridized carbons (Fsp3) is 0.381. The lowest BCUT2D eigenvalue weighted by molar-refractivity contribution is -0.910. The second-order valence-electron chi connectivity index (χ2n) is 6.67. The number of carbonyl (C=O) groups is 1. The summed E-state index contributed by atoms with van der Waals surface area (Å²) < 4.78 is 16.1. The number of likely N-dealkylation sites (tertiary alicyclic amines) is 1. The van der Waals surface area contributed by atoms with E-state index in [1.165, 1.54) is 4.90 Å². The van der Waals surface area contributed by atoms with Crippen molar-refractivity contribution in [2.45, 2.75) is 18.9 Å². The van der Waals surface area contributed by atoms with Crippen molar-refractivity contribution in [2.75, 3.05) is 39.7 Å². The maximum absolute atomic E-state index is 12.6. The maximum atomic E-state index is 12.6. The summed E-state index contributed by atoms with van der Waals surface area (Å²) in [6.07, 6.45) is 2.12. The molecule has 27 heavy (non-hydrogen) atoms. The molecule has 6 heteroatoms. The summed E-state index contributed by atoms with van der Waals surface area (Å²) in [5.41, 5.74) is 1.87. The molecule has 6 nitrogen and oxygen atoms in total. The number of quaternary nitrogens is 1. The van der Waals surface area contributed by atoms with E-state index >= 15 is 0 Å². The summed E-state index contributed by atoms with van der Waals surface area (Å²) >= 11 is 0. The number of methoxy groups -OCH3 is 3. The Morgan fingerprint density at radius 1 is 1.07 bits per heavy atom. The van der Waals surface area contributed by atoms with Gasteiger partial charge in [-0.1, -0.05) is 6.07 Å². The van der Waals surface area contributed by atoms with Crippen LogP contribution in [0.3, 0.4) is 0 Å². The van der Waals surface area contributed by atoms with Gasteiger partial charge in [-0.2, -0.15) is 0 Å². The fourth-order valence-corrected chi connectivity index (χ4v) is 3.72. The van der Waals surface area contributed by atoms with Crippen LogP contribution < -0.4 is 24.4 Å². The first-order chi connectivity index (χ1) is 13.1. The maximum Gasteiger partial charge on any atom is 0.279 e. The van der Waals surface area contributed by atoms with Gasteiger partial charge in [0.2, 0.25) is 0 Å². The van der Waals surface area contributed by atoms with E-state index in [0.29, 0.717) is 6.54 Å². The predicted molar refractivity (Wildman–Crippen MR) is 104 cm³/mol. The van der Waals surface area contributed by atoms with Gasteiger partial charge < -0.3 is 24.4 Å². The van der Waals surface area contributed by atoms with Crippen LogP contribution in [0.1, 0.15) is 24.4 Å². The molecule has 1 heterocycles. The smallest absolute Gasteiger partial charge is 0.279 e. The van der Waals surface area contributed by atoms with Crippen LogP contribution in [0.25, 0.3) is 0 Å². The number of ether oxygens (including phenoxy) is 3. The molecule has 0 aromatic heterocycles. The van der Waals surface area contributed by atoms with E-state index < -0.39 is 0 Å². The zero-order valence-electron chi connectivity index (χ0n) is 16.1. The molecule has 0 radical (unpaired) electrons. The van der Waals surface area contributed by atoms with Gasteiger partial charge in [0.25, 0.3) is 5.91 Å². The van der Waals surface area contributed by atoms with E-state index in [-0.39, 0.29) is 11.9 Å². The van der Waals surface area contributed by atoms with Crippen molar-refractivity contribution in [1.29, 1.82) is 0 Å². The zero-order valence-corrected chi connectivity index (χ0v) is 16.1. The van der Waals surface area contributed by atoms with Crippen LogP contribution in [0.2, 0.25) is 0 Å². The topological polar surface area (TPSA) is 61.2 Å².